The number of thioether (sulfide) groups is 1. The van der Waals surface area contributed by atoms with Crippen molar-refractivity contribution in [3.05, 3.63) is 35.4 Å². The van der Waals surface area contributed by atoms with Crippen molar-refractivity contribution in [3.63, 3.8) is 0 Å². The molecule has 2 aromatic heterocycles. The molecular weight excluding hydrogens is 534 g/mol. The number of ether oxygens (including phenoxy) is 2. The Kier molecular flexibility index (Phi) is 8.26. The maximum atomic E-state index is 13.8. The van der Waals surface area contributed by atoms with Gasteiger partial charge in [-0.25, -0.2) is 28.2 Å². The Bertz CT molecular complexity index is 1350. The minimum atomic E-state index is -1.25. The number of hydrogen-bond donors (Lipinski definition) is 3. The number of benzene rings is 1. The van der Waals surface area contributed by atoms with Crippen molar-refractivity contribution >= 4 is 34.7 Å². The van der Waals surface area contributed by atoms with E-state index in [1.54, 1.807) is 13.0 Å². The van der Waals surface area contributed by atoms with Crippen LogP contribution < -0.4 is 5.32 Å². The van der Waals surface area contributed by atoms with Crippen LogP contribution in [0.5, 0.6) is 0 Å². The largest absolute Gasteiger partial charge is 0.464 e. The Morgan fingerprint density at radius 2 is 2.00 bits per heavy atom. The first-order chi connectivity index (χ1) is 18.8. The molecular formula is C25H30F2N6O5S. The quantitative estimate of drug-likeness (QED) is 0.180. The highest BCUT2D eigenvalue weighted by Gasteiger charge is 2.45. The third kappa shape index (κ3) is 5.83. The number of carbonyl (C=O) groups is 1. The van der Waals surface area contributed by atoms with Gasteiger partial charge in [-0.3, -0.25) is 0 Å². The highest BCUT2D eigenvalue weighted by Crippen LogP contribution is 2.44. The topological polar surface area (TPSA) is 145 Å². The molecule has 11 nitrogen and oxygen atoms in total. The van der Waals surface area contributed by atoms with Crippen LogP contribution in [0.2, 0.25) is 0 Å². The number of aliphatic hydroxyl groups is 2. The molecule has 39 heavy (non-hydrogen) atoms. The highest BCUT2D eigenvalue weighted by atomic mass is 32.2. The normalized spacial score (nSPS) is 26.2. The fraction of sp³-hybridized carbons (Fsp3) is 0.560. The standard InChI is InChI=1S/C25H30F2N6O5S/c1-3-7-39-25-29-23(28-16-9-13(16)12-5-6-14(26)15(27)8-12)20-24(30-25)33(32-31-20)17-10-18(22(36)21(17)35)38-11-19(34)37-4-2/h5-6,8,13,16-18,21-22,35-36H,3-4,7,9-11H2,1-2H3,(H,28,29,30). The lowest BCUT2D eigenvalue weighted by molar-refractivity contribution is -0.153. The van der Waals surface area contributed by atoms with Gasteiger partial charge in [0.1, 0.15) is 18.8 Å². The molecule has 0 radical (unpaired) electrons. The van der Waals surface area contributed by atoms with E-state index >= 15 is 0 Å². The Labute approximate surface area is 227 Å². The van der Waals surface area contributed by atoms with Crippen molar-refractivity contribution in [1.82, 2.24) is 25.0 Å². The monoisotopic (exact) mass is 564 g/mol. The number of nitrogens with one attached hydrogen (secondary N) is 1. The van der Waals surface area contributed by atoms with E-state index in [-0.39, 0.29) is 31.6 Å². The minimum Gasteiger partial charge on any atom is -0.464 e. The second-order valence-corrected chi connectivity index (χ2v) is 10.7. The van der Waals surface area contributed by atoms with Crippen LogP contribution in [-0.4, -0.2) is 84.5 Å². The molecule has 3 N–H and O–H groups in total. The van der Waals surface area contributed by atoms with Crippen LogP contribution >= 0.6 is 11.8 Å². The van der Waals surface area contributed by atoms with E-state index in [0.717, 1.165) is 18.2 Å². The number of carbonyl (C=O) groups excluding carboxylic acids is 1. The van der Waals surface area contributed by atoms with E-state index in [9.17, 15) is 23.8 Å². The second kappa shape index (κ2) is 11.7. The average molecular weight is 565 g/mol. The van der Waals surface area contributed by atoms with Crippen molar-refractivity contribution in [2.24, 2.45) is 0 Å². The van der Waals surface area contributed by atoms with Crippen LogP contribution in [-0.2, 0) is 14.3 Å². The van der Waals surface area contributed by atoms with Gasteiger partial charge < -0.3 is 25.0 Å². The van der Waals surface area contributed by atoms with E-state index in [0.29, 0.717) is 34.1 Å². The molecule has 1 aromatic carbocycles. The second-order valence-electron chi connectivity index (χ2n) is 9.61. The average Bonchev–Trinajstić information content (AvgIpc) is 3.46. The zero-order chi connectivity index (χ0) is 27.7. The first kappa shape index (κ1) is 27.6. The molecule has 5 rings (SSSR count). The van der Waals surface area contributed by atoms with Crippen LogP contribution in [0.15, 0.2) is 23.4 Å². The SMILES string of the molecule is CCCSc1nc(NC2CC2c2ccc(F)c(F)c2)c2nnn(C3CC(OCC(=O)OCC)C(O)C3O)c2n1. The molecule has 2 aliphatic carbocycles. The van der Waals surface area contributed by atoms with Crippen LogP contribution in [0, 0.1) is 11.6 Å². The fourth-order valence-electron chi connectivity index (χ4n) is 4.79. The number of fused-ring (bicyclic) bond motifs is 1. The molecule has 14 heteroatoms. The number of esters is 1. The summed E-state index contributed by atoms with van der Waals surface area (Å²) in [5.74, 6) is -1.12. The summed E-state index contributed by atoms with van der Waals surface area (Å²) < 4.78 is 39.0. The van der Waals surface area contributed by atoms with Crippen LogP contribution in [0.3, 0.4) is 0 Å². The number of aliphatic hydroxyl groups excluding tert-OH is 2. The summed E-state index contributed by atoms with van der Waals surface area (Å²) in [6.45, 7) is 3.59. The zero-order valence-corrected chi connectivity index (χ0v) is 22.3. The summed E-state index contributed by atoms with van der Waals surface area (Å²) in [5.41, 5.74) is 1.45. The lowest BCUT2D eigenvalue weighted by atomic mass is 10.1. The molecule has 0 amide bonds. The zero-order valence-electron chi connectivity index (χ0n) is 21.5. The van der Waals surface area contributed by atoms with Crippen LogP contribution in [0.25, 0.3) is 11.2 Å². The lowest BCUT2D eigenvalue weighted by Crippen LogP contribution is -2.34. The molecule has 6 unspecified atom stereocenters. The van der Waals surface area contributed by atoms with Crippen molar-refractivity contribution in [1.29, 1.82) is 0 Å². The van der Waals surface area contributed by atoms with Gasteiger partial charge in [0, 0.05) is 24.1 Å². The highest BCUT2D eigenvalue weighted by molar-refractivity contribution is 7.99. The first-order valence-corrected chi connectivity index (χ1v) is 13.9. The molecule has 2 aliphatic rings. The summed E-state index contributed by atoms with van der Waals surface area (Å²) >= 11 is 1.46. The summed E-state index contributed by atoms with van der Waals surface area (Å²) in [6.07, 6.45) is -1.52. The van der Waals surface area contributed by atoms with E-state index < -0.39 is 42.0 Å². The molecule has 6 atom stereocenters. The third-order valence-electron chi connectivity index (χ3n) is 6.86. The van der Waals surface area contributed by atoms with E-state index in [1.807, 2.05) is 6.92 Å². The third-order valence-corrected chi connectivity index (χ3v) is 7.91. The number of anilines is 1. The maximum absolute atomic E-state index is 13.8. The van der Waals surface area contributed by atoms with Crippen molar-refractivity contribution in [3.8, 4) is 0 Å². The van der Waals surface area contributed by atoms with Gasteiger partial charge in [0.15, 0.2) is 33.8 Å². The fourth-order valence-corrected chi connectivity index (χ4v) is 5.48. The van der Waals surface area contributed by atoms with Crippen molar-refractivity contribution in [2.45, 2.75) is 74.6 Å². The number of nitrogens with zero attached hydrogens (tertiary/aromatic N) is 5. The summed E-state index contributed by atoms with van der Waals surface area (Å²) in [4.78, 5) is 21.0. The van der Waals surface area contributed by atoms with Crippen molar-refractivity contribution < 1.29 is 33.3 Å². The van der Waals surface area contributed by atoms with Gasteiger partial charge in [0.05, 0.1) is 18.8 Å². The van der Waals surface area contributed by atoms with Gasteiger partial charge in [0.25, 0.3) is 0 Å². The molecule has 0 bridgehead atoms. The van der Waals surface area contributed by atoms with E-state index in [4.69, 9.17) is 9.47 Å². The minimum absolute atomic E-state index is 0.0176. The molecule has 2 saturated carbocycles. The lowest BCUT2D eigenvalue weighted by Gasteiger charge is -2.17. The molecule has 0 saturated heterocycles. The number of hydrogen-bond acceptors (Lipinski definition) is 11. The molecule has 210 valence electrons. The molecule has 2 heterocycles. The molecule has 0 spiro atoms. The number of aromatic nitrogens is 5. The smallest absolute Gasteiger partial charge is 0.332 e. The van der Waals surface area contributed by atoms with Gasteiger partial charge in [-0.05, 0) is 37.5 Å². The Morgan fingerprint density at radius 1 is 1.18 bits per heavy atom. The van der Waals surface area contributed by atoms with Gasteiger partial charge in [0.2, 0.25) is 0 Å². The Balaban J connectivity index is 1.38. The number of halogens is 2. The molecule has 2 fully saturated rings. The number of rotatable bonds is 11. The predicted molar refractivity (Wildman–Crippen MR) is 137 cm³/mol. The Hall–Kier alpha value is -2.94. The van der Waals surface area contributed by atoms with Gasteiger partial charge in [-0.1, -0.05) is 30.0 Å². The maximum Gasteiger partial charge on any atom is 0.332 e. The summed E-state index contributed by atoms with van der Waals surface area (Å²) in [7, 11) is 0. The van der Waals surface area contributed by atoms with Gasteiger partial charge in [-0.15, -0.1) is 5.10 Å². The van der Waals surface area contributed by atoms with E-state index in [1.165, 1.54) is 22.5 Å². The molecule has 3 aromatic rings. The summed E-state index contributed by atoms with van der Waals surface area (Å²) in [5, 5.41) is 33.7. The van der Waals surface area contributed by atoms with Gasteiger partial charge in [-0.2, -0.15) is 0 Å². The van der Waals surface area contributed by atoms with Crippen LogP contribution in [0.1, 0.15) is 50.6 Å². The van der Waals surface area contributed by atoms with Gasteiger partial charge >= 0.3 is 5.97 Å². The Morgan fingerprint density at radius 3 is 2.74 bits per heavy atom. The van der Waals surface area contributed by atoms with E-state index in [2.05, 4.69) is 25.6 Å². The van der Waals surface area contributed by atoms with Crippen LogP contribution in [0.4, 0.5) is 14.6 Å². The summed E-state index contributed by atoms with van der Waals surface area (Å²) in [6, 6.07) is 3.14. The predicted octanol–water partition coefficient (Wildman–Crippen LogP) is 2.58. The first-order valence-electron chi connectivity index (χ1n) is 12.9. The molecule has 0 aliphatic heterocycles. The van der Waals surface area contributed by atoms with Crippen molar-refractivity contribution in [2.75, 3.05) is 24.3 Å².